The molecule has 5 rings (SSSR count). The molecule has 1 saturated heterocycles. The fourth-order valence-electron chi connectivity index (χ4n) is 4.69. The number of carbonyl (C=O) groups excluding carboxylic acids is 1. The molecule has 6 heteroatoms. The van der Waals surface area contributed by atoms with Gasteiger partial charge in [0.15, 0.2) is 0 Å². The number of fused-ring (bicyclic) bond motifs is 1. The Morgan fingerprint density at radius 3 is 2.52 bits per heavy atom. The van der Waals surface area contributed by atoms with Gasteiger partial charge >= 0.3 is 0 Å². The van der Waals surface area contributed by atoms with E-state index in [1.165, 1.54) is 11.0 Å². The molecule has 33 heavy (non-hydrogen) atoms. The number of hydrogen-bond acceptors (Lipinski definition) is 3. The standard InChI is InChI=1S/C27H26FN3O2/c1-18-8-7-9-19(2)26(18)33-15-14-30-24-13-6-4-11-22(24)29-27(30)20-16-25(32)31(17-20)23-12-5-3-10-21(23)28/h3-13,20H,14-17H2,1-2H3. The Balaban J connectivity index is 1.43. The van der Waals surface area contributed by atoms with Gasteiger partial charge in [-0.3, -0.25) is 4.79 Å². The summed E-state index contributed by atoms with van der Waals surface area (Å²) in [5.74, 6) is 1.15. The zero-order valence-electron chi connectivity index (χ0n) is 18.8. The van der Waals surface area contributed by atoms with Crippen LogP contribution in [0.1, 0.15) is 29.3 Å². The first-order valence-corrected chi connectivity index (χ1v) is 11.2. The molecule has 3 aromatic carbocycles. The molecule has 168 valence electrons. The SMILES string of the molecule is Cc1cccc(C)c1OCCn1c(C2CC(=O)N(c3ccccc3F)C2)nc2ccccc21. The van der Waals surface area contributed by atoms with Gasteiger partial charge < -0.3 is 14.2 Å². The van der Waals surface area contributed by atoms with Crippen LogP contribution in [-0.2, 0) is 11.3 Å². The van der Waals surface area contributed by atoms with Gasteiger partial charge in [0.2, 0.25) is 5.91 Å². The first-order valence-electron chi connectivity index (χ1n) is 11.2. The second kappa shape index (κ2) is 8.70. The van der Waals surface area contributed by atoms with Crippen LogP contribution in [0.25, 0.3) is 11.0 Å². The molecule has 1 unspecified atom stereocenters. The molecule has 1 fully saturated rings. The van der Waals surface area contributed by atoms with E-state index in [1.807, 2.05) is 56.3 Å². The van der Waals surface area contributed by atoms with Crippen molar-refractivity contribution in [2.24, 2.45) is 0 Å². The third-order valence-electron chi connectivity index (χ3n) is 6.29. The lowest BCUT2D eigenvalue weighted by Crippen LogP contribution is -2.25. The lowest BCUT2D eigenvalue weighted by Gasteiger charge is -2.18. The lowest BCUT2D eigenvalue weighted by atomic mass is 10.1. The summed E-state index contributed by atoms with van der Waals surface area (Å²) in [6.45, 7) is 5.58. The van der Waals surface area contributed by atoms with Crippen molar-refractivity contribution in [2.75, 3.05) is 18.1 Å². The molecule has 0 saturated carbocycles. The second-order valence-electron chi connectivity index (χ2n) is 8.54. The Labute approximate surface area is 192 Å². The number of nitrogens with zero attached hydrogens (tertiary/aromatic N) is 3. The number of aromatic nitrogens is 2. The molecule has 0 radical (unpaired) electrons. The molecule has 1 aliphatic heterocycles. The van der Waals surface area contributed by atoms with Crippen LogP contribution < -0.4 is 9.64 Å². The van der Waals surface area contributed by atoms with Gasteiger partial charge in [0, 0.05) is 18.9 Å². The van der Waals surface area contributed by atoms with Crippen LogP contribution in [0.3, 0.4) is 0 Å². The fraction of sp³-hybridized carbons (Fsp3) is 0.259. The molecule has 0 bridgehead atoms. The van der Waals surface area contributed by atoms with Crippen molar-refractivity contribution in [1.29, 1.82) is 0 Å². The number of aryl methyl sites for hydroxylation is 2. The maximum Gasteiger partial charge on any atom is 0.227 e. The molecular formula is C27H26FN3O2. The Kier molecular flexibility index (Phi) is 5.58. The number of para-hydroxylation sites is 4. The number of ether oxygens (including phenoxy) is 1. The highest BCUT2D eigenvalue weighted by Crippen LogP contribution is 2.34. The number of benzene rings is 3. The van der Waals surface area contributed by atoms with Crippen LogP contribution in [-0.4, -0.2) is 28.6 Å². The van der Waals surface area contributed by atoms with Gasteiger partial charge in [-0.15, -0.1) is 0 Å². The van der Waals surface area contributed by atoms with Crippen LogP contribution in [0.2, 0.25) is 0 Å². The van der Waals surface area contributed by atoms with E-state index in [9.17, 15) is 9.18 Å². The highest BCUT2D eigenvalue weighted by atomic mass is 19.1. The van der Waals surface area contributed by atoms with Gasteiger partial charge in [-0.05, 0) is 49.2 Å². The number of imidazole rings is 1. The summed E-state index contributed by atoms with van der Waals surface area (Å²) >= 11 is 0. The van der Waals surface area contributed by atoms with E-state index in [2.05, 4.69) is 4.57 Å². The summed E-state index contributed by atoms with van der Waals surface area (Å²) in [7, 11) is 0. The summed E-state index contributed by atoms with van der Waals surface area (Å²) in [5.41, 5.74) is 4.43. The third kappa shape index (κ3) is 3.97. The Morgan fingerprint density at radius 2 is 1.73 bits per heavy atom. The molecule has 1 aliphatic rings. The average molecular weight is 444 g/mol. The summed E-state index contributed by atoms with van der Waals surface area (Å²) in [4.78, 5) is 19.2. The van der Waals surface area contributed by atoms with Crippen molar-refractivity contribution >= 4 is 22.6 Å². The van der Waals surface area contributed by atoms with Gasteiger partial charge in [0.05, 0.1) is 23.3 Å². The van der Waals surface area contributed by atoms with E-state index < -0.39 is 0 Å². The van der Waals surface area contributed by atoms with Crippen LogP contribution in [0.15, 0.2) is 66.7 Å². The number of anilines is 1. The molecule has 0 spiro atoms. The average Bonchev–Trinajstić information content (AvgIpc) is 3.37. The molecule has 1 aromatic heterocycles. The normalized spacial score (nSPS) is 16.0. The summed E-state index contributed by atoms with van der Waals surface area (Å²) in [5, 5.41) is 0. The largest absolute Gasteiger partial charge is 0.491 e. The van der Waals surface area contributed by atoms with E-state index in [1.54, 1.807) is 18.2 Å². The van der Waals surface area contributed by atoms with E-state index in [-0.39, 0.29) is 17.6 Å². The zero-order valence-corrected chi connectivity index (χ0v) is 18.8. The number of amides is 1. The minimum Gasteiger partial charge on any atom is -0.491 e. The minimum absolute atomic E-state index is 0.0875. The molecule has 0 N–H and O–H groups in total. The first-order chi connectivity index (χ1) is 16.0. The molecule has 5 nitrogen and oxygen atoms in total. The van der Waals surface area contributed by atoms with E-state index in [0.717, 1.165) is 33.7 Å². The molecule has 2 heterocycles. The molecule has 1 amide bonds. The van der Waals surface area contributed by atoms with Gasteiger partial charge in [0.25, 0.3) is 0 Å². The van der Waals surface area contributed by atoms with E-state index in [4.69, 9.17) is 9.72 Å². The Bertz CT molecular complexity index is 1310. The Hall–Kier alpha value is -3.67. The Morgan fingerprint density at radius 1 is 1.00 bits per heavy atom. The zero-order chi connectivity index (χ0) is 22.9. The highest BCUT2D eigenvalue weighted by molar-refractivity contribution is 5.96. The van der Waals surface area contributed by atoms with Crippen LogP contribution in [0, 0.1) is 19.7 Å². The van der Waals surface area contributed by atoms with Crippen molar-refractivity contribution in [1.82, 2.24) is 9.55 Å². The van der Waals surface area contributed by atoms with Gasteiger partial charge in [-0.1, -0.05) is 42.5 Å². The molecular weight excluding hydrogens is 417 g/mol. The van der Waals surface area contributed by atoms with Gasteiger partial charge in [-0.25, -0.2) is 9.37 Å². The van der Waals surface area contributed by atoms with E-state index >= 15 is 0 Å². The van der Waals surface area contributed by atoms with E-state index in [0.29, 0.717) is 31.8 Å². The predicted octanol–water partition coefficient (Wildman–Crippen LogP) is 5.39. The van der Waals surface area contributed by atoms with Gasteiger partial charge in [-0.2, -0.15) is 0 Å². The summed E-state index contributed by atoms with van der Waals surface area (Å²) in [6, 6.07) is 20.5. The summed E-state index contributed by atoms with van der Waals surface area (Å²) in [6.07, 6.45) is 0.301. The number of halogens is 1. The third-order valence-corrected chi connectivity index (χ3v) is 6.29. The van der Waals surface area contributed by atoms with Crippen molar-refractivity contribution in [2.45, 2.75) is 32.7 Å². The predicted molar refractivity (Wildman–Crippen MR) is 127 cm³/mol. The highest BCUT2D eigenvalue weighted by Gasteiger charge is 2.35. The van der Waals surface area contributed by atoms with Gasteiger partial charge in [0.1, 0.15) is 24.0 Å². The van der Waals surface area contributed by atoms with Crippen molar-refractivity contribution < 1.29 is 13.9 Å². The minimum atomic E-state index is -0.387. The summed E-state index contributed by atoms with van der Waals surface area (Å²) < 4.78 is 22.7. The lowest BCUT2D eigenvalue weighted by molar-refractivity contribution is -0.117. The van der Waals surface area contributed by atoms with Crippen LogP contribution in [0.5, 0.6) is 5.75 Å². The van der Waals surface area contributed by atoms with Crippen LogP contribution in [0.4, 0.5) is 10.1 Å². The monoisotopic (exact) mass is 443 g/mol. The molecule has 4 aromatic rings. The second-order valence-corrected chi connectivity index (χ2v) is 8.54. The number of hydrogen-bond donors (Lipinski definition) is 0. The van der Waals surface area contributed by atoms with Crippen molar-refractivity contribution in [3.8, 4) is 5.75 Å². The van der Waals surface area contributed by atoms with Crippen molar-refractivity contribution in [3.63, 3.8) is 0 Å². The van der Waals surface area contributed by atoms with Crippen molar-refractivity contribution in [3.05, 3.63) is 89.5 Å². The first kappa shape index (κ1) is 21.2. The number of rotatable bonds is 6. The fourth-order valence-corrected chi connectivity index (χ4v) is 4.69. The maximum absolute atomic E-state index is 14.4. The molecule has 0 aliphatic carbocycles. The number of carbonyl (C=O) groups is 1. The molecule has 1 atom stereocenters. The quantitative estimate of drug-likeness (QED) is 0.401. The smallest absolute Gasteiger partial charge is 0.227 e. The topological polar surface area (TPSA) is 47.4 Å². The van der Waals surface area contributed by atoms with Crippen LogP contribution >= 0.6 is 0 Å². The maximum atomic E-state index is 14.4.